The van der Waals surface area contributed by atoms with Crippen molar-refractivity contribution in [1.82, 2.24) is 26.6 Å². The number of ether oxygens (including phenoxy) is 5. The number of carbonyl (C=O) groups is 7. The predicted molar refractivity (Wildman–Crippen MR) is 353 cm³/mol. The molecule has 0 radical (unpaired) electrons. The molecule has 0 aliphatic heterocycles. The highest BCUT2D eigenvalue weighted by atomic mass is 16.6. The lowest BCUT2D eigenvalue weighted by Gasteiger charge is -2.29. The molecule has 5 N–H and O–H groups in total. The number of esters is 3. The molecule has 3 unspecified atom stereocenters. The average molecular weight is 1250 g/mol. The second-order valence-electron chi connectivity index (χ2n) is 26.8. The molecule has 6 aromatic carbocycles. The van der Waals surface area contributed by atoms with E-state index in [0.29, 0.717) is 68.9 Å². The van der Waals surface area contributed by atoms with Crippen LogP contribution < -0.4 is 31.3 Å². The van der Waals surface area contributed by atoms with Crippen LogP contribution in [0.2, 0.25) is 0 Å². The van der Waals surface area contributed by atoms with E-state index in [4.69, 9.17) is 23.7 Å². The number of unbranched alkanes of at least 4 members (excludes halogenated alkanes) is 1. The van der Waals surface area contributed by atoms with Crippen molar-refractivity contribution >= 4 is 52.6 Å². The standard InChI is InChI=1S/C75H91N5O12/c1-74(2,3)91-67(81)41-40-65(71(85)92-75(4,5)6)80-72(86)79-64(70(84)89-47-51-31-38-58(39-32-51)88-46-50-28-33-55(34-29-50)53-17-7-8-18-53)25-15-16-42-76-69(83)66(44-52-30-35-54-19-9-10-20-57(54)43-52)78-68(82)56-36-26-49(27-37-56)45-77-73(87)90-48-63-61-23-13-11-21-59(61)60-22-12-14-24-62(60)63/h9-14,19-24,28-35,38-39,43,49,53,56,63-66H,7-8,15-18,25-27,36-37,40-42,44-48H2,1-6H3,(H,76,83)(H,77,87)(H,78,82)(H2,79,80,86). The zero-order valence-electron chi connectivity index (χ0n) is 54.2. The number of alkyl carbamates (subject to hydrolysis) is 1. The molecule has 17 nitrogen and oxygen atoms in total. The Morgan fingerprint density at radius 3 is 1.80 bits per heavy atom. The predicted octanol–water partition coefficient (Wildman–Crippen LogP) is 13.0. The van der Waals surface area contributed by atoms with Crippen molar-refractivity contribution in [3.63, 3.8) is 0 Å². The van der Waals surface area contributed by atoms with Gasteiger partial charge in [-0.15, -0.1) is 0 Å². The van der Waals surface area contributed by atoms with Crippen LogP contribution in [0.3, 0.4) is 0 Å². The number of amides is 5. The van der Waals surface area contributed by atoms with Gasteiger partial charge in [-0.2, -0.15) is 0 Å². The van der Waals surface area contributed by atoms with Crippen LogP contribution >= 0.6 is 0 Å². The van der Waals surface area contributed by atoms with Crippen LogP contribution in [-0.4, -0.2) is 90.9 Å². The molecular formula is C75H91N5O12. The summed E-state index contributed by atoms with van der Waals surface area (Å²) >= 11 is 0. The molecule has 9 rings (SSSR count). The molecule has 0 saturated heterocycles. The van der Waals surface area contributed by atoms with E-state index in [9.17, 15) is 33.6 Å². The maximum Gasteiger partial charge on any atom is 0.407 e. The van der Waals surface area contributed by atoms with Gasteiger partial charge in [-0.05, 0) is 185 Å². The summed E-state index contributed by atoms with van der Waals surface area (Å²) in [5, 5.41) is 16.5. The van der Waals surface area contributed by atoms with E-state index in [-0.39, 0.29) is 75.0 Å². The van der Waals surface area contributed by atoms with Crippen LogP contribution in [-0.2, 0) is 62.6 Å². The monoisotopic (exact) mass is 1250 g/mol. The summed E-state index contributed by atoms with van der Waals surface area (Å²) in [7, 11) is 0. The van der Waals surface area contributed by atoms with Crippen molar-refractivity contribution in [3.8, 4) is 16.9 Å². The van der Waals surface area contributed by atoms with E-state index in [1.165, 1.54) is 31.2 Å². The third-order valence-electron chi connectivity index (χ3n) is 17.4. The zero-order chi connectivity index (χ0) is 65.2. The molecular weight excluding hydrogens is 1160 g/mol. The number of urea groups is 1. The molecule has 6 aromatic rings. The minimum Gasteiger partial charge on any atom is -0.489 e. The van der Waals surface area contributed by atoms with Gasteiger partial charge in [-0.25, -0.2) is 19.2 Å². The van der Waals surface area contributed by atoms with Crippen molar-refractivity contribution < 1.29 is 57.2 Å². The van der Waals surface area contributed by atoms with Gasteiger partial charge in [0.05, 0.1) is 0 Å². The third-order valence-corrected chi connectivity index (χ3v) is 17.4. The Morgan fingerprint density at radius 1 is 0.543 bits per heavy atom. The summed E-state index contributed by atoms with van der Waals surface area (Å²) in [5.41, 5.74) is 6.92. The third kappa shape index (κ3) is 20.1. The van der Waals surface area contributed by atoms with Crippen molar-refractivity contribution in [2.75, 3.05) is 19.7 Å². The Labute approximate surface area is 541 Å². The molecule has 3 aliphatic rings. The van der Waals surface area contributed by atoms with Crippen LogP contribution in [0.5, 0.6) is 5.75 Å². The summed E-state index contributed by atoms with van der Waals surface area (Å²) in [4.78, 5) is 95.5. The van der Waals surface area contributed by atoms with Crippen LogP contribution in [0.15, 0.2) is 140 Å². The molecule has 2 saturated carbocycles. The highest BCUT2D eigenvalue weighted by Gasteiger charge is 2.34. The SMILES string of the molecule is CC(C)(C)OC(=O)CCC(NC(=O)NC(CCCCNC(=O)C(Cc1ccc2ccccc2c1)NC(=O)C1CCC(CNC(=O)OCC2c3ccccc3-c3ccccc32)CC1)C(=O)OCc1ccc(OCc2ccc(C3CCCC3)cc2)cc1)C(=O)OC(C)(C)C. The largest absolute Gasteiger partial charge is 0.489 e. The van der Waals surface area contributed by atoms with Gasteiger partial charge < -0.3 is 50.3 Å². The first kappa shape index (κ1) is 67.7. The quantitative estimate of drug-likeness (QED) is 0.0184. The lowest BCUT2D eigenvalue weighted by Crippen LogP contribution is -2.52. The Hall–Kier alpha value is -8.73. The molecule has 92 heavy (non-hydrogen) atoms. The van der Waals surface area contributed by atoms with E-state index in [1.54, 1.807) is 53.7 Å². The first-order valence-corrected chi connectivity index (χ1v) is 32.8. The first-order valence-electron chi connectivity index (χ1n) is 32.8. The Kier molecular flexibility index (Phi) is 23.5. The zero-order valence-corrected chi connectivity index (χ0v) is 54.2. The molecule has 0 bridgehead atoms. The lowest BCUT2D eigenvalue weighted by atomic mass is 9.81. The number of hydrogen-bond donors (Lipinski definition) is 5. The summed E-state index contributed by atoms with van der Waals surface area (Å²) in [6, 6.07) is 42.0. The van der Waals surface area contributed by atoms with Crippen LogP contribution in [0.25, 0.3) is 21.9 Å². The lowest BCUT2D eigenvalue weighted by molar-refractivity contribution is -0.158. The van der Waals surface area contributed by atoms with Gasteiger partial charge in [-0.1, -0.05) is 140 Å². The fraction of sp³-hybridized carbons (Fsp3) is 0.453. The van der Waals surface area contributed by atoms with Crippen LogP contribution in [0.1, 0.15) is 170 Å². The van der Waals surface area contributed by atoms with Gasteiger partial charge in [0.15, 0.2) is 0 Å². The highest BCUT2D eigenvalue weighted by Crippen LogP contribution is 2.44. The van der Waals surface area contributed by atoms with E-state index in [2.05, 4.69) is 75.1 Å². The minimum atomic E-state index is -1.27. The topological polar surface area (TPSA) is 226 Å². The van der Waals surface area contributed by atoms with Crippen LogP contribution in [0, 0.1) is 11.8 Å². The Bertz CT molecular complexity index is 3440. The van der Waals surface area contributed by atoms with Gasteiger partial charge in [0.25, 0.3) is 0 Å². The molecule has 3 atom stereocenters. The first-order chi connectivity index (χ1) is 44.2. The number of carbonyl (C=O) groups excluding carboxylic acids is 7. The molecule has 0 aromatic heterocycles. The molecule has 5 amide bonds. The van der Waals surface area contributed by atoms with Gasteiger partial charge in [-0.3, -0.25) is 14.4 Å². The number of fused-ring (bicyclic) bond motifs is 4. The maximum atomic E-state index is 14.3. The fourth-order valence-electron chi connectivity index (χ4n) is 12.5. The molecule has 17 heteroatoms. The van der Waals surface area contributed by atoms with E-state index < -0.39 is 59.4 Å². The summed E-state index contributed by atoms with van der Waals surface area (Å²) in [5.74, 6) is -1.57. The Balaban J connectivity index is 0.787. The van der Waals surface area contributed by atoms with Crippen molar-refractivity contribution in [2.45, 2.75) is 186 Å². The number of benzene rings is 6. The second kappa shape index (κ2) is 32.0. The van der Waals surface area contributed by atoms with E-state index in [1.807, 2.05) is 78.9 Å². The molecule has 3 aliphatic carbocycles. The number of rotatable bonds is 27. The van der Waals surface area contributed by atoms with Gasteiger partial charge in [0.1, 0.15) is 54.9 Å². The Morgan fingerprint density at radius 2 is 1.14 bits per heavy atom. The minimum absolute atomic E-state index is 0.0432. The van der Waals surface area contributed by atoms with Gasteiger partial charge in [0, 0.05) is 37.8 Å². The molecule has 2 fully saturated rings. The summed E-state index contributed by atoms with van der Waals surface area (Å²) in [6.45, 7) is 11.4. The normalized spacial score (nSPS) is 16.6. The average Bonchev–Trinajstić information content (AvgIpc) is 1.63. The smallest absolute Gasteiger partial charge is 0.407 e. The second-order valence-corrected chi connectivity index (χ2v) is 26.8. The molecule has 0 heterocycles. The number of nitrogens with one attached hydrogen (secondary N) is 5. The van der Waals surface area contributed by atoms with Gasteiger partial charge in [0.2, 0.25) is 11.8 Å². The highest BCUT2D eigenvalue weighted by molar-refractivity contribution is 5.90. The van der Waals surface area contributed by atoms with Gasteiger partial charge >= 0.3 is 30.0 Å². The number of hydrogen-bond acceptors (Lipinski definition) is 12. The molecule has 0 spiro atoms. The van der Waals surface area contributed by atoms with Crippen molar-refractivity contribution in [3.05, 3.63) is 173 Å². The van der Waals surface area contributed by atoms with Crippen molar-refractivity contribution in [1.29, 1.82) is 0 Å². The van der Waals surface area contributed by atoms with Crippen LogP contribution in [0.4, 0.5) is 9.59 Å². The summed E-state index contributed by atoms with van der Waals surface area (Å²) in [6.07, 6.45) is 7.89. The molecule has 488 valence electrons. The van der Waals surface area contributed by atoms with E-state index >= 15 is 0 Å². The van der Waals surface area contributed by atoms with E-state index in [0.717, 1.165) is 44.2 Å². The fourth-order valence-corrected chi connectivity index (χ4v) is 12.5. The van der Waals surface area contributed by atoms with Crippen molar-refractivity contribution in [2.24, 2.45) is 11.8 Å². The maximum absolute atomic E-state index is 14.3. The summed E-state index contributed by atoms with van der Waals surface area (Å²) < 4.78 is 28.8.